The molecule has 5 heteroatoms. The Balaban J connectivity index is 2.22. The zero-order valence-electron chi connectivity index (χ0n) is 9.43. The fourth-order valence-electron chi connectivity index (χ4n) is 1.32. The van der Waals surface area contributed by atoms with Crippen molar-refractivity contribution < 1.29 is 14.6 Å². The molecule has 1 aromatic carbocycles. The normalized spacial score (nSPS) is 10.2. The van der Waals surface area contributed by atoms with Crippen molar-refractivity contribution >= 4 is 17.3 Å². The molecule has 0 spiro atoms. The fraction of sp³-hybridized carbons (Fsp3) is 0.167. The summed E-state index contributed by atoms with van der Waals surface area (Å²) in [5.41, 5.74) is 1.61. The predicted octanol–water partition coefficient (Wildman–Crippen LogP) is 3.25. The molecular formula is C12H11NO3S. The van der Waals surface area contributed by atoms with Crippen molar-refractivity contribution in [2.24, 2.45) is 0 Å². The topological polar surface area (TPSA) is 59.4 Å². The van der Waals surface area contributed by atoms with Crippen LogP contribution in [-0.4, -0.2) is 16.1 Å². The summed E-state index contributed by atoms with van der Waals surface area (Å²) in [5, 5.41) is 9.25. The van der Waals surface area contributed by atoms with Gasteiger partial charge in [-0.1, -0.05) is 29.0 Å². The van der Waals surface area contributed by atoms with E-state index >= 15 is 0 Å². The van der Waals surface area contributed by atoms with Gasteiger partial charge in [0, 0.05) is 0 Å². The molecule has 0 radical (unpaired) electrons. The lowest BCUT2D eigenvalue weighted by molar-refractivity contribution is 0.0701. The number of carboxylic acids is 1. The predicted molar refractivity (Wildman–Crippen MR) is 65.1 cm³/mol. The number of benzene rings is 1. The maximum Gasteiger partial charge on any atom is 0.347 e. The van der Waals surface area contributed by atoms with E-state index in [1.54, 1.807) is 6.92 Å². The molecule has 1 aromatic heterocycles. The summed E-state index contributed by atoms with van der Waals surface area (Å²) < 4.78 is 5.49. The highest BCUT2D eigenvalue weighted by atomic mass is 32.1. The van der Waals surface area contributed by atoms with E-state index in [1.165, 1.54) is 0 Å². The minimum atomic E-state index is -0.973. The van der Waals surface area contributed by atoms with Crippen LogP contribution < -0.4 is 4.74 Å². The molecule has 4 nitrogen and oxygen atoms in total. The zero-order valence-corrected chi connectivity index (χ0v) is 10.2. The van der Waals surface area contributed by atoms with E-state index in [2.05, 4.69) is 4.98 Å². The van der Waals surface area contributed by atoms with Crippen molar-refractivity contribution in [3.63, 3.8) is 0 Å². The van der Waals surface area contributed by atoms with Crippen LogP contribution in [0.2, 0.25) is 0 Å². The number of nitrogens with zero attached hydrogens (tertiary/aromatic N) is 1. The molecule has 0 fully saturated rings. The van der Waals surface area contributed by atoms with Gasteiger partial charge in [-0.3, -0.25) is 0 Å². The Morgan fingerprint density at radius 1 is 1.29 bits per heavy atom. The molecule has 0 amide bonds. The summed E-state index contributed by atoms with van der Waals surface area (Å²) in [7, 11) is 0. The van der Waals surface area contributed by atoms with Gasteiger partial charge in [0.25, 0.3) is 5.19 Å². The van der Waals surface area contributed by atoms with Gasteiger partial charge in [0.05, 0.1) is 5.69 Å². The van der Waals surface area contributed by atoms with Gasteiger partial charge < -0.3 is 9.84 Å². The lowest BCUT2D eigenvalue weighted by Gasteiger charge is -2.00. The number of aromatic carboxylic acids is 1. The van der Waals surface area contributed by atoms with Crippen LogP contribution in [0.1, 0.15) is 20.9 Å². The summed E-state index contributed by atoms with van der Waals surface area (Å²) >= 11 is 1.03. The van der Waals surface area contributed by atoms with Crippen LogP contribution in [0.15, 0.2) is 24.3 Å². The summed E-state index contributed by atoms with van der Waals surface area (Å²) in [4.78, 5) is 15.1. The molecule has 2 aromatic rings. The number of thiazole rings is 1. The molecule has 0 saturated carbocycles. The third-order valence-electron chi connectivity index (χ3n) is 2.20. The molecule has 0 atom stereocenters. The van der Waals surface area contributed by atoms with Crippen LogP contribution in [0.3, 0.4) is 0 Å². The first kappa shape index (κ1) is 11.6. The van der Waals surface area contributed by atoms with Crippen LogP contribution >= 0.6 is 11.3 Å². The molecule has 1 heterocycles. The highest BCUT2D eigenvalue weighted by Crippen LogP contribution is 2.29. The Morgan fingerprint density at radius 3 is 2.47 bits per heavy atom. The second-order valence-corrected chi connectivity index (χ2v) is 4.58. The third-order valence-corrected chi connectivity index (χ3v) is 3.22. The number of rotatable bonds is 3. The highest BCUT2D eigenvalue weighted by molar-refractivity contribution is 7.15. The number of aryl methyl sites for hydroxylation is 2. The van der Waals surface area contributed by atoms with Crippen LogP contribution in [0.5, 0.6) is 10.9 Å². The number of aromatic nitrogens is 1. The Hall–Kier alpha value is -1.88. The molecule has 0 aliphatic heterocycles. The van der Waals surface area contributed by atoms with E-state index < -0.39 is 5.97 Å². The maximum absolute atomic E-state index is 10.8. The molecule has 2 rings (SSSR count). The number of hydrogen-bond acceptors (Lipinski definition) is 4. The maximum atomic E-state index is 10.8. The van der Waals surface area contributed by atoms with Crippen molar-refractivity contribution in [1.29, 1.82) is 0 Å². The van der Waals surface area contributed by atoms with E-state index in [9.17, 15) is 4.79 Å². The van der Waals surface area contributed by atoms with Crippen LogP contribution in [0.4, 0.5) is 0 Å². The first-order valence-electron chi connectivity index (χ1n) is 5.01. The van der Waals surface area contributed by atoms with Crippen molar-refractivity contribution in [1.82, 2.24) is 4.98 Å². The van der Waals surface area contributed by atoms with Gasteiger partial charge >= 0.3 is 5.97 Å². The molecule has 17 heavy (non-hydrogen) atoms. The monoisotopic (exact) mass is 249 g/mol. The highest BCUT2D eigenvalue weighted by Gasteiger charge is 2.15. The van der Waals surface area contributed by atoms with E-state index in [-0.39, 0.29) is 4.88 Å². The number of ether oxygens (including phenoxy) is 1. The minimum Gasteiger partial charge on any atom is -0.477 e. The number of carbonyl (C=O) groups is 1. The Morgan fingerprint density at radius 2 is 1.94 bits per heavy atom. The average molecular weight is 249 g/mol. The van der Waals surface area contributed by atoms with Gasteiger partial charge in [0.2, 0.25) is 0 Å². The quantitative estimate of drug-likeness (QED) is 0.907. The SMILES string of the molecule is Cc1ccc(Oc2nc(C)c(C(=O)O)s2)cc1. The second kappa shape index (κ2) is 4.55. The lowest BCUT2D eigenvalue weighted by atomic mass is 10.2. The molecular weight excluding hydrogens is 238 g/mol. The standard InChI is InChI=1S/C12H11NO3S/c1-7-3-5-9(6-4-7)16-12-13-8(2)10(17-12)11(14)15/h3-6H,1-2H3,(H,14,15). The second-order valence-electron chi connectivity index (χ2n) is 3.61. The van der Waals surface area contributed by atoms with Gasteiger partial charge in [-0.05, 0) is 26.0 Å². The Kier molecular flexibility index (Phi) is 3.10. The fourth-order valence-corrected chi connectivity index (χ4v) is 2.10. The van der Waals surface area contributed by atoms with E-state index in [4.69, 9.17) is 9.84 Å². The summed E-state index contributed by atoms with van der Waals surface area (Å²) in [6.07, 6.45) is 0. The number of carboxylic acid groups (broad SMARTS) is 1. The van der Waals surface area contributed by atoms with E-state index in [1.807, 2.05) is 31.2 Å². The van der Waals surface area contributed by atoms with Crippen molar-refractivity contribution in [3.8, 4) is 10.9 Å². The molecule has 88 valence electrons. The first-order chi connectivity index (χ1) is 8.06. The Bertz CT molecular complexity index is 545. The summed E-state index contributed by atoms with van der Waals surface area (Å²) in [5.74, 6) is -0.319. The van der Waals surface area contributed by atoms with Gasteiger partial charge in [0.1, 0.15) is 10.6 Å². The summed E-state index contributed by atoms with van der Waals surface area (Å²) in [6, 6.07) is 7.50. The van der Waals surface area contributed by atoms with Crippen LogP contribution in [-0.2, 0) is 0 Å². The average Bonchev–Trinajstić information content (AvgIpc) is 2.63. The molecule has 1 N–H and O–H groups in total. The van der Waals surface area contributed by atoms with Gasteiger partial charge in [-0.2, -0.15) is 0 Å². The zero-order chi connectivity index (χ0) is 12.4. The molecule has 0 saturated heterocycles. The lowest BCUT2D eigenvalue weighted by Crippen LogP contribution is -1.94. The van der Waals surface area contributed by atoms with Crippen LogP contribution in [0.25, 0.3) is 0 Å². The van der Waals surface area contributed by atoms with E-state index in [0.29, 0.717) is 16.6 Å². The largest absolute Gasteiger partial charge is 0.477 e. The molecule has 0 unspecified atom stereocenters. The first-order valence-corrected chi connectivity index (χ1v) is 5.83. The Labute approximate surface area is 103 Å². The van der Waals surface area contributed by atoms with Gasteiger partial charge in [-0.25, -0.2) is 9.78 Å². The smallest absolute Gasteiger partial charge is 0.347 e. The van der Waals surface area contributed by atoms with Gasteiger partial charge in [-0.15, -0.1) is 0 Å². The third kappa shape index (κ3) is 2.62. The van der Waals surface area contributed by atoms with Crippen molar-refractivity contribution in [3.05, 3.63) is 40.4 Å². The molecule has 0 aliphatic rings. The summed E-state index contributed by atoms with van der Waals surface area (Å²) in [6.45, 7) is 3.64. The number of hydrogen-bond donors (Lipinski definition) is 1. The molecule has 0 bridgehead atoms. The van der Waals surface area contributed by atoms with E-state index in [0.717, 1.165) is 16.9 Å². The van der Waals surface area contributed by atoms with Crippen molar-refractivity contribution in [2.45, 2.75) is 13.8 Å². The molecule has 0 aliphatic carbocycles. The minimum absolute atomic E-state index is 0.215. The van der Waals surface area contributed by atoms with Gasteiger partial charge in [0.15, 0.2) is 0 Å². The van der Waals surface area contributed by atoms with Crippen molar-refractivity contribution in [2.75, 3.05) is 0 Å². The van der Waals surface area contributed by atoms with Crippen LogP contribution in [0, 0.1) is 13.8 Å².